The van der Waals surface area contributed by atoms with Crippen LogP contribution in [-0.2, 0) is 17.8 Å². The fourth-order valence-electron chi connectivity index (χ4n) is 2.86. The largest absolute Gasteiger partial charge is 0.350 e. The Morgan fingerprint density at radius 2 is 1.52 bits per heavy atom. The lowest BCUT2D eigenvalue weighted by Gasteiger charge is -2.19. The molecule has 0 saturated heterocycles. The van der Waals surface area contributed by atoms with Gasteiger partial charge in [0.25, 0.3) is 5.91 Å². The van der Waals surface area contributed by atoms with Crippen LogP contribution in [0, 0.1) is 0 Å². The molecule has 2 amide bonds. The van der Waals surface area contributed by atoms with Crippen molar-refractivity contribution in [2.75, 3.05) is 0 Å². The van der Waals surface area contributed by atoms with E-state index in [1.54, 1.807) is 42.5 Å². The van der Waals surface area contributed by atoms with Crippen molar-refractivity contribution in [3.05, 3.63) is 106 Å². The van der Waals surface area contributed by atoms with E-state index in [1.165, 1.54) is 0 Å². The van der Waals surface area contributed by atoms with Crippen LogP contribution in [0.3, 0.4) is 0 Å². The predicted molar refractivity (Wildman–Crippen MR) is 116 cm³/mol. The second-order valence-corrected chi connectivity index (χ2v) is 7.38. The molecule has 3 rings (SSSR count). The molecule has 0 aliphatic rings. The summed E-state index contributed by atoms with van der Waals surface area (Å²) < 4.78 is 0. The molecule has 29 heavy (non-hydrogen) atoms. The summed E-state index contributed by atoms with van der Waals surface area (Å²) in [5, 5.41) is 6.70. The third-order valence-electron chi connectivity index (χ3n) is 4.41. The Hall–Kier alpha value is -2.82. The Bertz CT molecular complexity index is 979. The van der Waals surface area contributed by atoms with Gasteiger partial charge in [-0.1, -0.05) is 77.8 Å². The van der Waals surface area contributed by atoms with E-state index < -0.39 is 6.04 Å². The van der Waals surface area contributed by atoms with Crippen molar-refractivity contribution in [3.63, 3.8) is 0 Å². The first-order valence-electron chi connectivity index (χ1n) is 9.14. The standard InChI is InChI=1S/C23H20Cl2N2O2/c24-19-12-11-18(20(25)14-19)15-26-23(29)21(13-16-7-3-1-4-8-16)27-22(28)17-9-5-2-6-10-17/h1-12,14,21H,13,15H2,(H,26,29)(H,27,28). The molecule has 1 atom stereocenters. The highest BCUT2D eigenvalue weighted by molar-refractivity contribution is 6.35. The summed E-state index contributed by atoms with van der Waals surface area (Å²) in [7, 11) is 0. The summed E-state index contributed by atoms with van der Waals surface area (Å²) in [6.07, 6.45) is 0.375. The molecule has 0 bridgehead atoms. The van der Waals surface area contributed by atoms with E-state index in [-0.39, 0.29) is 18.4 Å². The SMILES string of the molecule is O=C(NC(Cc1ccccc1)C(=O)NCc1ccc(Cl)cc1Cl)c1ccccc1. The maximum Gasteiger partial charge on any atom is 0.251 e. The van der Waals surface area contributed by atoms with Crippen LogP contribution in [0.5, 0.6) is 0 Å². The zero-order chi connectivity index (χ0) is 20.6. The summed E-state index contributed by atoms with van der Waals surface area (Å²) >= 11 is 12.1. The molecule has 0 heterocycles. The van der Waals surface area contributed by atoms with Gasteiger partial charge in [-0.25, -0.2) is 0 Å². The van der Waals surface area contributed by atoms with E-state index in [2.05, 4.69) is 10.6 Å². The Morgan fingerprint density at radius 1 is 0.862 bits per heavy atom. The zero-order valence-corrected chi connectivity index (χ0v) is 17.1. The van der Waals surface area contributed by atoms with E-state index in [0.717, 1.165) is 11.1 Å². The van der Waals surface area contributed by atoms with Crippen LogP contribution in [0.4, 0.5) is 0 Å². The molecular formula is C23H20Cl2N2O2. The Morgan fingerprint density at radius 3 is 2.17 bits per heavy atom. The van der Waals surface area contributed by atoms with Gasteiger partial charge < -0.3 is 10.6 Å². The van der Waals surface area contributed by atoms with Crippen molar-refractivity contribution in [2.45, 2.75) is 19.0 Å². The summed E-state index contributed by atoms with van der Waals surface area (Å²) in [5.74, 6) is -0.588. The average molecular weight is 427 g/mol. The molecule has 0 spiro atoms. The third kappa shape index (κ3) is 6.08. The number of amides is 2. The van der Waals surface area contributed by atoms with Crippen LogP contribution in [0.2, 0.25) is 10.0 Å². The fraction of sp³-hybridized carbons (Fsp3) is 0.130. The smallest absolute Gasteiger partial charge is 0.251 e. The highest BCUT2D eigenvalue weighted by Crippen LogP contribution is 2.20. The second-order valence-electron chi connectivity index (χ2n) is 6.54. The highest BCUT2D eigenvalue weighted by Gasteiger charge is 2.22. The molecule has 0 aliphatic carbocycles. The van der Waals surface area contributed by atoms with Gasteiger partial charge in [-0.15, -0.1) is 0 Å². The van der Waals surface area contributed by atoms with Gasteiger partial charge >= 0.3 is 0 Å². The van der Waals surface area contributed by atoms with Crippen LogP contribution in [0.1, 0.15) is 21.5 Å². The highest BCUT2D eigenvalue weighted by atomic mass is 35.5. The van der Waals surface area contributed by atoms with Crippen LogP contribution in [-0.4, -0.2) is 17.9 Å². The van der Waals surface area contributed by atoms with Gasteiger partial charge in [-0.05, 0) is 35.4 Å². The molecule has 0 aromatic heterocycles. The third-order valence-corrected chi connectivity index (χ3v) is 5.00. The lowest BCUT2D eigenvalue weighted by molar-refractivity contribution is -0.123. The minimum atomic E-state index is -0.726. The van der Waals surface area contributed by atoms with Crippen LogP contribution in [0.25, 0.3) is 0 Å². The monoisotopic (exact) mass is 426 g/mol. The van der Waals surface area contributed by atoms with Crippen molar-refractivity contribution in [3.8, 4) is 0 Å². The van der Waals surface area contributed by atoms with E-state index in [9.17, 15) is 9.59 Å². The van der Waals surface area contributed by atoms with E-state index in [1.807, 2.05) is 36.4 Å². The van der Waals surface area contributed by atoms with Crippen LogP contribution < -0.4 is 10.6 Å². The van der Waals surface area contributed by atoms with Crippen molar-refractivity contribution in [1.29, 1.82) is 0 Å². The first kappa shape index (κ1) is 20.9. The van der Waals surface area contributed by atoms with Gasteiger partial charge in [0.05, 0.1) is 0 Å². The van der Waals surface area contributed by atoms with E-state index >= 15 is 0 Å². The summed E-state index contributed by atoms with van der Waals surface area (Å²) in [5.41, 5.74) is 2.20. The first-order valence-corrected chi connectivity index (χ1v) is 9.90. The summed E-state index contributed by atoms with van der Waals surface area (Å²) in [6.45, 7) is 0.237. The maximum atomic E-state index is 12.9. The molecule has 0 radical (unpaired) electrons. The summed E-state index contributed by atoms with van der Waals surface area (Å²) in [6, 6.07) is 22.7. The lowest BCUT2D eigenvalue weighted by Crippen LogP contribution is -2.47. The number of halogens is 2. The number of hydrogen-bond acceptors (Lipinski definition) is 2. The Balaban J connectivity index is 1.72. The Labute approximate surface area is 179 Å². The van der Waals surface area contributed by atoms with Crippen LogP contribution in [0.15, 0.2) is 78.9 Å². The number of nitrogens with one attached hydrogen (secondary N) is 2. The molecule has 4 nitrogen and oxygen atoms in total. The minimum absolute atomic E-state index is 0.237. The number of carbonyl (C=O) groups is 2. The van der Waals surface area contributed by atoms with Crippen molar-refractivity contribution in [1.82, 2.24) is 10.6 Å². The fourth-order valence-corrected chi connectivity index (χ4v) is 3.34. The van der Waals surface area contributed by atoms with E-state index in [4.69, 9.17) is 23.2 Å². The minimum Gasteiger partial charge on any atom is -0.350 e. The average Bonchev–Trinajstić information content (AvgIpc) is 2.74. The molecular weight excluding hydrogens is 407 g/mol. The van der Waals surface area contributed by atoms with Gasteiger partial charge in [-0.3, -0.25) is 9.59 Å². The number of carbonyl (C=O) groups excluding carboxylic acids is 2. The van der Waals surface area contributed by atoms with Crippen molar-refractivity contribution in [2.24, 2.45) is 0 Å². The van der Waals surface area contributed by atoms with Crippen molar-refractivity contribution >= 4 is 35.0 Å². The Kier molecular flexibility index (Phi) is 7.28. The van der Waals surface area contributed by atoms with Crippen LogP contribution >= 0.6 is 23.2 Å². The normalized spacial score (nSPS) is 11.5. The molecule has 3 aromatic carbocycles. The molecule has 0 aliphatic heterocycles. The number of benzene rings is 3. The number of rotatable bonds is 7. The molecule has 148 valence electrons. The van der Waals surface area contributed by atoms with Gasteiger partial charge in [0.15, 0.2) is 0 Å². The van der Waals surface area contributed by atoms with Gasteiger partial charge in [-0.2, -0.15) is 0 Å². The molecule has 3 aromatic rings. The van der Waals surface area contributed by atoms with Gasteiger partial charge in [0.2, 0.25) is 5.91 Å². The molecule has 1 unspecified atom stereocenters. The molecule has 6 heteroatoms. The zero-order valence-electron chi connectivity index (χ0n) is 15.6. The van der Waals surface area contributed by atoms with Gasteiger partial charge in [0.1, 0.15) is 6.04 Å². The summed E-state index contributed by atoms with van der Waals surface area (Å²) in [4.78, 5) is 25.5. The lowest BCUT2D eigenvalue weighted by atomic mass is 10.0. The molecule has 0 saturated carbocycles. The van der Waals surface area contributed by atoms with Crippen molar-refractivity contribution < 1.29 is 9.59 Å². The van der Waals surface area contributed by atoms with Gasteiger partial charge in [0, 0.05) is 28.6 Å². The first-order chi connectivity index (χ1) is 14.0. The quantitative estimate of drug-likeness (QED) is 0.577. The topological polar surface area (TPSA) is 58.2 Å². The molecule has 0 fully saturated rings. The maximum absolute atomic E-state index is 12.9. The second kappa shape index (κ2) is 10.1. The number of hydrogen-bond donors (Lipinski definition) is 2. The predicted octanol–water partition coefficient (Wildman–Crippen LogP) is 4.65. The van der Waals surface area contributed by atoms with E-state index in [0.29, 0.717) is 22.0 Å². The molecule has 2 N–H and O–H groups in total.